The summed E-state index contributed by atoms with van der Waals surface area (Å²) in [5.41, 5.74) is 4.24. The van der Waals surface area contributed by atoms with Gasteiger partial charge in [0, 0.05) is 17.7 Å². The Balaban J connectivity index is 1.79. The molecule has 0 fully saturated rings. The van der Waals surface area contributed by atoms with Gasteiger partial charge < -0.3 is 4.74 Å². The molecule has 0 aromatic heterocycles. The number of nitro benzene ring substituents is 1. The van der Waals surface area contributed by atoms with Crippen LogP contribution in [0.4, 0.5) is 11.4 Å². The highest BCUT2D eigenvalue weighted by molar-refractivity contribution is 6.34. The molecule has 0 saturated heterocycles. The molecule has 7 nitrogen and oxygen atoms in total. The molecule has 0 aliphatic carbocycles. The van der Waals surface area contributed by atoms with Gasteiger partial charge in [0.05, 0.1) is 34.0 Å². The molecule has 8 heteroatoms. The van der Waals surface area contributed by atoms with Gasteiger partial charge in [-0.3, -0.25) is 19.8 Å². The zero-order chi connectivity index (χ0) is 24.4. The van der Waals surface area contributed by atoms with Gasteiger partial charge in [-0.25, -0.2) is 4.79 Å². The van der Waals surface area contributed by atoms with E-state index in [1.807, 2.05) is 31.2 Å². The minimum absolute atomic E-state index is 0.0299. The van der Waals surface area contributed by atoms with Gasteiger partial charge in [0.1, 0.15) is 0 Å². The lowest BCUT2D eigenvalue weighted by atomic mass is 10.1. The Bertz CT molecular complexity index is 1360. The Morgan fingerprint density at radius 1 is 1.06 bits per heavy atom. The predicted octanol–water partition coefficient (Wildman–Crippen LogP) is 5.81. The van der Waals surface area contributed by atoms with E-state index in [2.05, 4.69) is 0 Å². The molecule has 0 spiro atoms. The third-order valence-electron chi connectivity index (χ3n) is 5.37. The molecule has 170 valence electrons. The fraction of sp³-hybridized carbons (Fsp3) is 0.0769. The fourth-order valence-corrected chi connectivity index (χ4v) is 3.85. The second kappa shape index (κ2) is 9.33. The molecule has 4 rings (SSSR count). The highest BCUT2D eigenvalue weighted by atomic mass is 35.5. The van der Waals surface area contributed by atoms with E-state index in [0.29, 0.717) is 22.5 Å². The van der Waals surface area contributed by atoms with Crippen molar-refractivity contribution in [1.82, 2.24) is 0 Å². The molecule has 0 saturated carbocycles. The number of esters is 1. The number of halogens is 1. The van der Waals surface area contributed by atoms with E-state index in [9.17, 15) is 19.7 Å². The quantitative estimate of drug-likeness (QED) is 0.201. The monoisotopic (exact) mass is 474 g/mol. The van der Waals surface area contributed by atoms with Crippen molar-refractivity contribution in [2.24, 2.45) is 0 Å². The van der Waals surface area contributed by atoms with Crippen molar-refractivity contribution in [2.75, 3.05) is 12.0 Å². The molecular weight excluding hydrogens is 456 g/mol. The highest BCUT2D eigenvalue weighted by Crippen LogP contribution is 2.37. The molecule has 3 aromatic carbocycles. The van der Waals surface area contributed by atoms with Crippen molar-refractivity contribution >= 4 is 46.6 Å². The van der Waals surface area contributed by atoms with Crippen LogP contribution >= 0.6 is 11.6 Å². The summed E-state index contributed by atoms with van der Waals surface area (Å²) in [6.45, 7) is 1.97. The third kappa shape index (κ3) is 4.46. The Morgan fingerprint density at radius 3 is 2.32 bits per heavy atom. The van der Waals surface area contributed by atoms with Crippen LogP contribution in [-0.2, 0) is 9.53 Å². The van der Waals surface area contributed by atoms with E-state index in [1.54, 1.807) is 36.4 Å². The molecule has 0 radical (unpaired) electrons. The minimum Gasteiger partial charge on any atom is -0.465 e. The number of nitrogens with zero attached hydrogens (tertiary/aromatic N) is 2. The number of non-ortho nitro benzene ring substituents is 1. The maximum Gasteiger partial charge on any atom is 0.339 e. The molecule has 3 aromatic rings. The number of rotatable bonds is 5. The maximum absolute atomic E-state index is 13.5. The lowest BCUT2D eigenvalue weighted by Crippen LogP contribution is -2.25. The third-order valence-corrected chi connectivity index (χ3v) is 5.69. The van der Waals surface area contributed by atoms with Crippen LogP contribution in [0.3, 0.4) is 0 Å². The van der Waals surface area contributed by atoms with E-state index >= 15 is 0 Å². The van der Waals surface area contributed by atoms with Crippen LogP contribution in [0.25, 0.3) is 11.8 Å². The van der Waals surface area contributed by atoms with Crippen molar-refractivity contribution in [3.05, 3.63) is 116 Å². The summed E-state index contributed by atoms with van der Waals surface area (Å²) in [6.07, 6.45) is 3.43. The Morgan fingerprint density at radius 2 is 1.74 bits per heavy atom. The molecule has 34 heavy (non-hydrogen) atoms. The van der Waals surface area contributed by atoms with Gasteiger partial charge in [0.15, 0.2) is 0 Å². The van der Waals surface area contributed by atoms with Gasteiger partial charge >= 0.3 is 5.97 Å². The SMILES string of the molecule is COC(=O)c1ccc(N2C(=O)/C(=C/c3ccc([N+](=O)[O-])cc3)C=C2c2ccc(C)cc2)cc1Cl. The van der Waals surface area contributed by atoms with Crippen molar-refractivity contribution in [1.29, 1.82) is 0 Å². The topological polar surface area (TPSA) is 89.8 Å². The first-order valence-electron chi connectivity index (χ1n) is 10.3. The lowest BCUT2D eigenvalue weighted by molar-refractivity contribution is -0.384. The normalized spacial score (nSPS) is 14.3. The molecule has 1 aliphatic heterocycles. The van der Waals surface area contributed by atoms with E-state index in [4.69, 9.17) is 16.3 Å². The minimum atomic E-state index is -0.572. The first-order chi connectivity index (χ1) is 16.3. The summed E-state index contributed by atoms with van der Waals surface area (Å²) in [4.78, 5) is 37.4. The summed E-state index contributed by atoms with van der Waals surface area (Å²) < 4.78 is 4.75. The molecule has 0 N–H and O–H groups in total. The van der Waals surface area contributed by atoms with Crippen molar-refractivity contribution in [3.8, 4) is 0 Å². The zero-order valence-corrected chi connectivity index (χ0v) is 19.1. The van der Waals surface area contributed by atoms with E-state index < -0.39 is 10.9 Å². The number of nitro groups is 1. The van der Waals surface area contributed by atoms with Crippen LogP contribution in [0.1, 0.15) is 27.0 Å². The van der Waals surface area contributed by atoms with Crippen molar-refractivity contribution in [2.45, 2.75) is 6.92 Å². The van der Waals surface area contributed by atoms with Crippen LogP contribution in [-0.4, -0.2) is 23.9 Å². The molecule has 0 unspecified atom stereocenters. The number of amides is 1. The first kappa shape index (κ1) is 22.9. The summed E-state index contributed by atoms with van der Waals surface area (Å²) in [5.74, 6) is -0.867. The van der Waals surface area contributed by atoms with Crippen LogP contribution < -0.4 is 4.90 Å². The lowest BCUT2D eigenvalue weighted by Gasteiger charge is -2.21. The van der Waals surface area contributed by atoms with E-state index in [0.717, 1.165) is 11.1 Å². The number of benzene rings is 3. The number of methoxy groups -OCH3 is 1. The van der Waals surface area contributed by atoms with Crippen LogP contribution in [0.5, 0.6) is 0 Å². The van der Waals surface area contributed by atoms with Gasteiger partial charge in [-0.15, -0.1) is 0 Å². The number of aryl methyl sites for hydroxylation is 1. The summed E-state index contributed by atoms with van der Waals surface area (Å²) in [6, 6.07) is 18.4. The second-order valence-electron chi connectivity index (χ2n) is 7.64. The van der Waals surface area contributed by atoms with Crippen LogP contribution in [0, 0.1) is 17.0 Å². The van der Waals surface area contributed by atoms with Crippen LogP contribution in [0.15, 0.2) is 78.4 Å². The number of anilines is 1. The first-order valence-corrected chi connectivity index (χ1v) is 10.6. The molecule has 0 bridgehead atoms. The number of hydrogen-bond acceptors (Lipinski definition) is 5. The van der Waals surface area contributed by atoms with Gasteiger partial charge in [-0.1, -0.05) is 41.4 Å². The van der Waals surface area contributed by atoms with Gasteiger partial charge in [-0.05, 0) is 60.5 Å². The maximum atomic E-state index is 13.5. The van der Waals surface area contributed by atoms with E-state index in [-0.39, 0.29) is 22.2 Å². The van der Waals surface area contributed by atoms with Crippen molar-refractivity contribution < 1.29 is 19.2 Å². The molecule has 0 atom stereocenters. The molecule has 1 aliphatic rings. The molecule has 1 amide bonds. The Labute approximate surface area is 200 Å². The smallest absolute Gasteiger partial charge is 0.339 e. The molecular formula is C26H19ClN2O5. The van der Waals surface area contributed by atoms with Gasteiger partial charge in [0.25, 0.3) is 11.6 Å². The highest BCUT2D eigenvalue weighted by Gasteiger charge is 2.31. The van der Waals surface area contributed by atoms with Gasteiger partial charge in [-0.2, -0.15) is 0 Å². The number of hydrogen-bond donors (Lipinski definition) is 0. The Kier molecular flexibility index (Phi) is 6.30. The zero-order valence-electron chi connectivity index (χ0n) is 18.3. The second-order valence-corrected chi connectivity index (χ2v) is 8.05. The van der Waals surface area contributed by atoms with Crippen molar-refractivity contribution in [3.63, 3.8) is 0 Å². The predicted molar refractivity (Wildman–Crippen MR) is 131 cm³/mol. The number of carbonyl (C=O) groups is 2. The van der Waals surface area contributed by atoms with E-state index in [1.165, 1.54) is 30.2 Å². The average Bonchev–Trinajstić information content (AvgIpc) is 3.15. The average molecular weight is 475 g/mol. The van der Waals surface area contributed by atoms with Crippen LogP contribution in [0.2, 0.25) is 5.02 Å². The summed E-state index contributed by atoms with van der Waals surface area (Å²) in [7, 11) is 1.27. The van der Waals surface area contributed by atoms with Gasteiger partial charge in [0.2, 0.25) is 0 Å². The summed E-state index contributed by atoms with van der Waals surface area (Å²) >= 11 is 6.32. The standard InChI is InChI=1S/C26H19ClN2O5/c1-16-3-7-18(8-4-16)24-14-19(13-17-5-9-20(10-6-17)29(32)33)25(30)28(24)21-11-12-22(23(27)15-21)26(31)34-2/h3-15H,1-2H3/b19-13+. The molecule has 1 heterocycles. The largest absolute Gasteiger partial charge is 0.465 e. The number of carbonyl (C=O) groups excluding carboxylic acids is 2. The number of ether oxygens (including phenoxy) is 1. The Hall–Kier alpha value is -4.23. The fourth-order valence-electron chi connectivity index (χ4n) is 3.60. The summed E-state index contributed by atoms with van der Waals surface area (Å²) in [5, 5.41) is 11.1.